The van der Waals surface area contributed by atoms with E-state index in [2.05, 4.69) is 10.3 Å². The van der Waals surface area contributed by atoms with Crippen molar-refractivity contribution in [2.24, 2.45) is 5.14 Å². The van der Waals surface area contributed by atoms with Gasteiger partial charge in [-0.2, -0.15) is 4.98 Å². The molecule has 18 heavy (non-hydrogen) atoms. The number of pyridine rings is 1. The van der Waals surface area contributed by atoms with Crippen LogP contribution in [0.15, 0.2) is 12.1 Å². The van der Waals surface area contributed by atoms with Gasteiger partial charge in [0, 0.05) is 18.7 Å². The summed E-state index contributed by atoms with van der Waals surface area (Å²) in [4.78, 5) is 13.9. The molecule has 0 atom stereocenters. The van der Waals surface area contributed by atoms with Crippen molar-refractivity contribution in [2.45, 2.75) is 0 Å². The third-order valence-corrected chi connectivity index (χ3v) is 2.71. The minimum absolute atomic E-state index is 0.0667. The lowest BCUT2D eigenvalue weighted by molar-refractivity contribution is -0.384. The number of nitrogens with zero attached hydrogens (tertiary/aromatic N) is 2. The first-order valence-corrected chi connectivity index (χ1v) is 6.49. The second kappa shape index (κ2) is 5.60. The van der Waals surface area contributed by atoms with Gasteiger partial charge in [0.15, 0.2) is 0 Å². The molecular formula is C8H12N4O5S. The van der Waals surface area contributed by atoms with Gasteiger partial charge in [0.25, 0.3) is 0 Å². The Balaban J connectivity index is 2.87. The summed E-state index contributed by atoms with van der Waals surface area (Å²) < 4.78 is 26.3. The molecule has 3 N–H and O–H groups in total. The molecule has 1 aromatic heterocycles. The van der Waals surface area contributed by atoms with Crippen molar-refractivity contribution in [1.82, 2.24) is 4.98 Å². The summed E-state index contributed by atoms with van der Waals surface area (Å²) in [5.74, 6) is -0.245. The molecule has 0 aromatic carbocycles. The largest absolute Gasteiger partial charge is 0.481 e. The summed E-state index contributed by atoms with van der Waals surface area (Å²) in [6.45, 7) is -0.0835. The average molecular weight is 276 g/mol. The number of nitrogens with one attached hydrogen (secondary N) is 1. The van der Waals surface area contributed by atoms with Crippen LogP contribution in [0.25, 0.3) is 0 Å². The third kappa shape index (κ3) is 4.14. The first-order chi connectivity index (χ1) is 8.33. The number of hydrogen-bond acceptors (Lipinski definition) is 7. The molecule has 100 valence electrons. The summed E-state index contributed by atoms with van der Waals surface area (Å²) in [5, 5.41) is 18.1. The Morgan fingerprint density at radius 3 is 2.72 bits per heavy atom. The summed E-state index contributed by atoms with van der Waals surface area (Å²) in [5.41, 5.74) is -0.273. The first-order valence-electron chi connectivity index (χ1n) is 4.77. The van der Waals surface area contributed by atoms with Crippen LogP contribution in [-0.2, 0) is 10.0 Å². The van der Waals surface area contributed by atoms with E-state index in [0.29, 0.717) is 0 Å². The van der Waals surface area contributed by atoms with Gasteiger partial charge < -0.3 is 10.1 Å². The smallest absolute Gasteiger partial charge is 0.311 e. The molecule has 10 heteroatoms. The van der Waals surface area contributed by atoms with Crippen LogP contribution in [-0.4, -0.2) is 37.7 Å². The second-order valence-electron chi connectivity index (χ2n) is 3.27. The third-order valence-electron chi connectivity index (χ3n) is 1.93. The molecule has 0 radical (unpaired) electrons. The molecule has 1 rings (SSSR count). The number of aromatic nitrogens is 1. The fourth-order valence-corrected chi connectivity index (χ4v) is 1.52. The van der Waals surface area contributed by atoms with Crippen molar-refractivity contribution in [3.05, 3.63) is 22.2 Å². The Labute approximate surface area is 103 Å². The Morgan fingerprint density at radius 1 is 1.56 bits per heavy atom. The van der Waals surface area contributed by atoms with Crippen LogP contribution in [0.3, 0.4) is 0 Å². The van der Waals surface area contributed by atoms with E-state index in [9.17, 15) is 18.5 Å². The predicted octanol–water partition coefficient (Wildman–Crippen LogP) is -0.301. The maximum Gasteiger partial charge on any atom is 0.311 e. The molecule has 0 spiro atoms. The molecule has 0 unspecified atom stereocenters. The Bertz CT molecular complexity index is 544. The lowest BCUT2D eigenvalue weighted by Crippen LogP contribution is -2.22. The van der Waals surface area contributed by atoms with Crippen LogP contribution in [0.1, 0.15) is 0 Å². The van der Waals surface area contributed by atoms with Crippen LogP contribution in [0.4, 0.5) is 11.5 Å². The molecule has 9 nitrogen and oxygen atoms in total. The van der Waals surface area contributed by atoms with E-state index in [-0.39, 0.29) is 29.7 Å². The van der Waals surface area contributed by atoms with Crippen molar-refractivity contribution in [1.29, 1.82) is 0 Å². The molecule has 0 aliphatic carbocycles. The SMILES string of the molecule is COc1ccc([N+](=O)[O-])c(NCCS(N)(=O)=O)n1. The summed E-state index contributed by atoms with van der Waals surface area (Å²) in [6, 6.07) is 2.55. The fraction of sp³-hybridized carbons (Fsp3) is 0.375. The number of primary sulfonamides is 1. The van der Waals surface area contributed by atoms with E-state index in [1.807, 2.05) is 0 Å². The van der Waals surface area contributed by atoms with E-state index in [1.54, 1.807) is 0 Å². The number of anilines is 1. The summed E-state index contributed by atoms with van der Waals surface area (Å²) in [6.07, 6.45) is 0. The number of nitro groups is 1. The molecular weight excluding hydrogens is 264 g/mol. The van der Waals surface area contributed by atoms with E-state index in [4.69, 9.17) is 9.88 Å². The Morgan fingerprint density at radius 2 is 2.22 bits per heavy atom. The van der Waals surface area contributed by atoms with Gasteiger partial charge in [-0.25, -0.2) is 13.6 Å². The van der Waals surface area contributed by atoms with Gasteiger partial charge in [0.1, 0.15) is 0 Å². The molecule has 1 aromatic rings. The zero-order valence-corrected chi connectivity index (χ0v) is 10.3. The number of ether oxygens (including phenoxy) is 1. The lowest BCUT2D eigenvalue weighted by atomic mass is 10.4. The molecule has 0 aliphatic rings. The summed E-state index contributed by atoms with van der Waals surface area (Å²) in [7, 11) is -2.27. The minimum Gasteiger partial charge on any atom is -0.481 e. The standard InChI is InChI=1S/C8H12N4O5S/c1-17-7-3-2-6(12(13)14)8(11-7)10-4-5-18(9,15)16/h2-3H,4-5H2,1H3,(H,10,11)(H2,9,15,16). The topological polar surface area (TPSA) is 137 Å². The quantitative estimate of drug-likeness (QED) is 0.537. The van der Waals surface area contributed by atoms with Gasteiger partial charge in [-0.05, 0) is 0 Å². The zero-order valence-electron chi connectivity index (χ0n) is 9.49. The Hall–Kier alpha value is -1.94. The van der Waals surface area contributed by atoms with Gasteiger partial charge in [0.2, 0.25) is 21.7 Å². The van der Waals surface area contributed by atoms with E-state index >= 15 is 0 Å². The molecule has 0 saturated heterocycles. The maximum atomic E-state index is 10.7. The zero-order chi connectivity index (χ0) is 13.8. The number of hydrogen-bond donors (Lipinski definition) is 2. The molecule has 0 aliphatic heterocycles. The van der Waals surface area contributed by atoms with Crippen molar-refractivity contribution in [2.75, 3.05) is 24.7 Å². The molecule has 0 fully saturated rings. The van der Waals surface area contributed by atoms with Gasteiger partial charge in [-0.1, -0.05) is 0 Å². The number of methoxy groups -OCH3 is 1. The van der Waals surface area contributed by atoms with Crippen molar-refractivity contribution in [3.63, 3.8) is 0 Å². The fourth-order valence-electron chi connectivity index (χ4n) is 1.14. The van der Waals surface area contributed by atoms with E-state index < -0.39 is 14.9 Å². The van der Waals surface area contributed by atoms with Crippen LogP contribution in [0.2, 0.25) is 0 Å². The maximum absolute atomic E-state index is 10.7. The molecule has 1 heterocycles. The van der Waals surface area contributed by atoms with Crippen LogP contribution < -0.4 is 15.2 Å². The van der Waals surface area contributed by atoms with Crippen molar-refractivity contribution in [3.8, 4) is 5.88 Å². The minimum atomic E-state index is -3.63. The van der Waals surface area contributed by atoms with Gasteiger partial charge >= 0.3 is 5.69 Å². The van der Waals surface area contributed by atoms with Crippen LogP contribution in [0, 0.1) is 10.1 Å². The van der Waals surface area contributed by atoms with Crippen LogP contribution in [0.5, 0.6) is 5.88 Å². The van der Waals surface area contributed by atoms with Crippen LogP contribution >= 0.6 is 0 Å². The second-order valence-corrected chi connectivity index (χ2v) is 5.01. The number of sulfonamides is 1. The van der Waals surface area contributed by atoms with Crippen molar-refractivity contribution >= 4 is 21.5 Å². The molecule has 0 bridgehead atoms. The van der Waals surface area contributed by atoms with E-state index in [1.165, 1.54) is 19.2 Å². The Kier molecular flexibility index (Phi) is 4.39. The predicted molar refractivity (Wildman–Crippen MR) is 63.9 cm³/mol. The number of nitrogens with two attached hydrogens (primary N) is 1. The molecule has 0 saturated carbocycles. The summed E-state index contributed by atoms with van der Waals surface area (Å²) >= 11 is 0. The average Bonchev–Trinajstić information content (AvgIpc) is 2.26. The highest BCUT2D eigenvalue weighted by molar-refractivity contribution is 7.89. The van der Waals surface area contributed by atoms with Gasteiger partial charge in [0.05, 0.1) is 17.8 Å². The number of rotatable bonds is 6. The highest BCUT2D eigenvalue weighted by Crippen LogP contribution is 2.24. The van der Waals surface area contributed by atoms with E-state index in [0.717, 1.165) is 0 Å². The highest BCUT2D eigenvalue weighted by atomic mass is 32.2. The lowest BCUT2D eigenvalue weighted by Gasteiger charge is -2.06. The first kappa shape index (κ1) is 14.1. The monoisotopic (exact) mass is 276 g/mol. The van der Waals surface area contributed by atoms with Crippen molar-refractivity contribution < 1.29 is 18.1 Å². The highest BCUT2D eigenvalue weighted by Gasteiger charge is 2.16. The molecule has 0 amide bonds. The normalized spacial score (nSPS) is 11.0. The van der Waals surface area contributed by atoms with Gasteiger partial charge in [-0.3, -0.25) is 10.1 Å². The van der Waals surface area contributed by atoms with Gasteiger partial charge in [-0.15, -0.1) is 0 Å².